The molecule has 0 bridgehead atoms. The van der Waals surface area contributed by atoms with E-state index in [0.717, 1.165) is 27.6 Å². The maximum atomic E-state index is 14.3. The summed E-state index contributed by atoms with van der Waals surface area (Å²) in [7, 11) is 0. The molecular weight excluding hydrogens is 554 g/mol. The van der Waals surface area contributed by atoms with Crippen LogP contribution in [0.5, 0.6) is 0 Å². The van der Waals surface area contributed by atoms with Crippen LogP contribution >= 0.6 is 11.3 Å². The van der Waals surface area contributed by atoms with Gasteiger partial charge in [-0.05, 0) is 36.1 Å². The van der Waals surface area contributed by atoms with E-state index in [9.17, 15) is 9.59 Å². The lowest BCUT2D eigenvalue weighted by atomic mass is 9.91. The molecule has 6 nitrogen and oxygen atoms in total. The van der Waals surface area contributed by atoms with Gasteiger partial charge in [0.15, 0.2) is 4.80 Å². The van der Waals surface area contributed by atoms with Crippen LogP contribution in [0.3, 0.4) is 0 Å². The molecule has 0 spiro atoms. The van der Waals surface area contributed by atoms with E-state index in [1.54, 1.807) is 11.5 Å². The van der Waals surface area contributed by atoms with Crippen LogP contribution in [-0.4, -0.2) is 21.7 Å². The number of benzene rings is 3. The molecule has 7 heteroatoms. The maximum Gasteiger partial charge on any atom is 0.338 e. The van der Waals surface area contributed by atoms with Crippen molar-refractivity contribution in [2.45, 2.75) is 39.3 Å². The molecule has 1 atom stereocenters. The van der Waals surface area contributed by atoms with Gasteiger partial charge in [0, 0.05) is 28.2 Å². The number of fused-ring (bicyclic) bond motifs is 2. The number of hydrogen-bond acceptors (Lipinski definition) is 5. The SMILES string of the molecule is C#CCn1cc(C=c2sc3n(c2=O)C(c2ccc(C(C)C)cc2)C(C(=O)OCC)=C(c2ccccc2)N=3)c2ccccc21. The first-order valence-corrected chi connectivity index (χ1v) is 15.1. The number of carbonyl (C=O) groups is 1. The average Bonchev–Trinajstić information content (AvgIpc) is 3.53. The van der Waals surface area contributed by atoms with Crippen LogP contribution in [0.2, 0.25) is 0 Å². The molecule has 2 aromatic heterocycles. The quantitative estimate of drug-likeness (QED) is 0.183. The molecule has 0 saturated heterocycles. The number of aromatic nitrogens is 2. The van der Waals surface area contributed by atoms with Gasteiger partial charge in [-0.1, -0.05) is 104 Å². The van der Waals surface area contributed by atoms with Gasteiger partial charge in [-0.2, -0.15) is 0 Å². The van der Waals surface area contributed by atoms with Gasteiger partial charge in [-0.3, -0.25) is 9.36 Å². The minimum Gasteiger partial charge on any atom is -0.463 e. The molecule has 3 aromatic carbocycles. The molecule has 0 N–H and O–H groups in total. The molecule has 5 aromatic rings. The zero-order chi connectivity index (χ0) is 30.1. The Labute approximate surface area is 253 Å². The zero-order valence-corrected chi connectivity index (χ0v) is 25.1. The molecule has 3 heterocycles. The van der Waals surface area contributed by atoms with Gasteiger partial charge in [0.1, 0.15) is 0 Å². The summed E-state index contributed by atoms with van der Waals surface area (Å²) in [6.07, 6.45) is 9.51. The lowest BCUT2D eigenvalue weighted by Crippen LogP contribution is -2.40. The summed E-state index contributed by atoms with van der Waals surface area (Å²) in [5.74, 6) is 2.56. The molecule has 1 aliphatic rings. The minimum absolute atomic E-state index is 0.204. The lowest BCUT2D eigenvalue weighted by molar-refractivity contribution is -0.138. The third kappa shape index (κ3) is 5.15. The van der Waals surface area contributed by atoms with E-state index in [2.05, 4.69) is 31.9 Å². The number of thiazole rings is 1. The highest BCUT2D eigenvalue weighted by molar-refractivity contribution is 7.07. The van der Waals surface area contributed by atoms with Crippen LogP contribution < -0.4 is 14.9 Å². The van der Waals surface area contributed by atoms with Gasteiger partial charge in [0.2, 0.25) is 0 Å². The highest BCUT2D eigenvalue weighted by Crippen LogP contribution is 2.35. The first-order chi connectivity index (χ1) is 20.9. The van der Waals surface area contributed by atoms with Crippen molar-refractivity contribution in [2.24, 2.45) is 4.99 Å². The van der Waals surface area contributed by atoms with Crippen molar-refractivity contribution in [3.63, 3.8) is 0 Å². The number of terminal acetylenes is 1. The molecule has 0 fully saturated rings. The Balaban J connectivity index is 1.64. The summed E-state index contributed by atoms with van der Waals surface area (Å²) in [4.78, 5) is 33.4. The van der Waals surface area contributed by atoms with Crippen LogP contribution in [0, 0.1) is 12.3 Å². The third-order valence-electron chi connectivity index (χ3n) is 7.66. The Kier molecular flexibility index (Phi) is 7.71. The summed E-state index contributed by atoms with van der Waals surface area (Å²) < 4.78 is 9.74. The second kappa shape index (κ2) is 11.7. The van der Waals surface area contributed by atoms with Crippen LogP contribution in [0.1, 0.15) is 55.0 Å². The van der Waals surface area contributed by atoms with E-state index in [1.807, 2.05) is 83.6 Å². The van der Waals surface area contributed by atoms with Crippen molar-refractivity contribution in [3.8, 4) is 12.3 Å². The first-order valence-electron chi connectivity index (χ1n) is 14.3. The Morgan fingerprint density at radius 1 is 1.07 bits per heavy atom. The van der Waals surface area contributed by atoms with Gasteiger partial charge in [-0.25, -0.2) is 9.79 Å². The van der Waals surface area contributed by atoms with Crippen LogP contribution in [-0.2, 0) is 16.1 Å². The van der Waals surface area contributed by atoms with Crippen LogP contribution in [0.25, 0.3) is 22.7 Å². The highest BCUT2D eigenvalue weighted by Gasteiger charge is 2.35. The topological polar surface area (TPSA) is 65.6 Å². The second-order valence-electron chi connectivity index (χ2n) is 10.7. The molecule has 0 aliphatic carbocycles. The fourth-order valence-electron chi connectivity index (χ4n) is 5.58. The van der Waals surface area contributed by atoms with Crippen molar-refractivity contribution >= 4 is 40.0 Å². The second-order valence-corrected chi connectivity index (χ2v) is 11.7. The number of rotatable bonds is 7. The normalized spacial score (nSPS) is 15.0. The highest BCUT2D eigenvalue weighted by atomic mass is 32.1. The van der Waals surface area contributed by atoms with E-state index in [-0.39, 0.29) is 12.2 Å². The van der Waals surface area contributed by atoms with Crippen molar-refractivity contribution in [1.82, 2.24) is 9.13 Å². The molecule has 6 rings (SSSR count). The first kappa shape index (κ1) is 28.2. The predicted octanol–water partition coefficient (Wildman–Crippen LogP) is 5.65. The monoisotopic (exact) mass is 585 g/mol. The van der Waals surface area contributed by atoms with E-state index in [1.165, 1.54) is 16.9 Å². The molecule has 0 saturated carbocycles. The van der Waals surface area contributed by atoms with Crippen molar-refractivity contribution in [3.05, 3.63) is 133 Å². The van der Waals surface area contributed by atoms with E-state index in [0.29, 0.717) is 33.1 Å². The minimum atomic E-state index is -0.711. The van der Waals surface area contributed by atoms with Gasteiger partial charge in [0.25, 0.3) is 5.56 Å². The van der Waals surface area contributed by atoms with E-state index < -0.39 is 12.0 Å². The fraction of sp³-hybridized carbons (Fsp3) is 0.194. The number of nitrogens with zero attached hydrogens (tertiary/aromatic N) is 3. The van der Waals surface area contributed by atoms with Crippen molar-refractivity contribution in [2.75, 3.05) is 6.61 Å². The molecule has 1 unspecified atom stereocenters. The number of hydrogen-bond donors (Lipinski definition) is 0. The summed E-state index contributed by atoms with van der Waals surface area (Å²) in [5, 5.41) is 1.00. The maximum absolute atomic E-state index is 14.3. The number of para-hydroxylation sites is 1. The molecule has 214 valence electrons. The number of esters is 1. The van der Waals surface area contributed by atoms with Gasteiger partial charge >= 0.3 is 5.97 Å². The summed E-state index contributed by atoms with van der Waals surface area (Å²) in [5.41, 5.74) is 5.29. The summed E-state index contributed by atoms with van der Waals surface area (Å²) in [6.45, 7) is 6.67. The summed E-state index contributed by atoms with van der Waals surface area (Å²) in [6, 6.07) is 25.0. The average molecular weight is 586 g/mol. The number of carbonyl (C=O) groups excluding carboxylic acids is 1. The standard InChI is InChI=1S/C36H31N3O3S/c1-5-20-38-22-27(28-14-10-11-15-29(28)38)21-30-34(40)39-33(26-18-16-24(17-19-26)23(3)4)31(35(41)42-6-2)32(37-36(39)43-30)25-12-8-7-9-13-25/h1,7-19,21-23,33H,6,20H2,2-4H3. The molecule has 1 aliphatic heterocycles. The Morgan fingerprint density at radius 2 is 1.79 bits per heavy atom. The molecule has 0 amide bonds. The molecular formula is C36H31N3O3S. The van der Waals surface area contributed by atoms with Gasteiger partial charge < -0.3 is 9.30 Å². The largest absolute Gasteiger partial charge is 0.463 e. The molecule has 43 heavy (non-hydrogen) atoms. The zero-order valence-electron chi connectivity index (χ0n) is 24.3. The fourth-order valence-corrected chi connectivity index (χ4v) is 6.57. The lowest BCUT2D eigenvalue weighted by Gasteiger charge is -2.26. The predicted molar refractivity (Wildman–Crippen MR) is 172 cm³/mol. The summed E-state index contributed by atoms with van der Waals surface area (Å²) >= 11 is 1.31. The Morgan fingerprint density at radius 3 is 2.49 bits per heavy atom. The third-order valence-corrected chi connectivity index (χ3v) is 8.64. The van der Waals surface area contributed by atoms with Gasteiger partial charge in [0.05, 0.1) is 35.0 Å². The number of ether oxygens (including phenoxy) is 1. The van der Waals surface area contributed by atoms with Crippen LogP contribution in [0.15, 0.2) is 100 Å². The smallest absolute Gasteiger partial charge is 0.338 e. The van der Waals surface area contributed by atoms with Crippen molar-refractivity contribution in [1.29, 1.82) is 0 Å². The van der Waals surface area contributed by atoms with E-state index in [4.69, 9.17) is 16.2 Å². The van der Waals surface area contributed by atoms with E-state index >= 15 is 0 Å². The molecule has 0 radical (unpaired) electrons. The Bertz CT molecular complexity index is 2090. The Hall–Kier alpha value is -4.93. The van der Waals surface area contributed by atoms with Crippen LogP contribution in [0.4, 0.5) is 0 Å². The van der Waals surface area contributed by atoms with Crippen molar-refractivity contribution < 1.29 is 9.53 Å². The van der Waals surface area contributed by atoms with Gasteiger partial charge in [-0.15, -0.1) is 6.42 Å².